The fraction of sp³-hybridized carbons (Fsp3) is 0.333. The van der Waals surface area contributed by atoms with Gasteiger partial charge >= 0.3 is 0 Å². The molecule has 1 unspecified atom stereocenters. The van der Waals surface area contributed by atoms with Crippen LogP contribution in [0.15, 0.2) is 24.4 Å². The quantitative estimate of drug-likeness (QED) is 0.724. The van der Waals surface area contributed by atoms with Gasteiger partial charge in [0.05, 0.1) is 18.7 Å². The van der Waals surface area contributed by atoms with E-state index in [9.17, 15) is 13.6 Å². The van der Waals surface area contributed by atoms with Crippen LogP contribution in [-0.4, -0.2) is 27.9 Å². The lowest BCUT2D eigenvalue weighted by atomic mass is 10.1. The van der Waals surface area contributed by atoms with Crippen LogP contribution in [-0.2, 0) is 11.9 Å². The summed E-state index contributed by atoms with van der Waals surface area (Å²) < 4.78 is 27.3. The van der Waals surface area contributed by atoms with Gasteiger partial charge < -0.3 is 0 Å². The van der Waals surface area contributed by atoms with E-state index in [0.29, 0.717) is 15.6 Å². The van der Waals surface area contributed by atoms with Gasteiger partial charge in [-0.15, -0.1) is 0 Å². The third kappa shape index (κ3) is 3.68. The van der Waals surface area contributed by atoms with Gasteiger partial charge in [-0.2, -0.15) is 5.10 Å². The Morgan fingerprint density at radius 1 is 1.38 bits per heavy atom. The Morgan fingerprint density at radius 2 is 2.04 bits per heavy atom. The molecule has 0 fully saturated rings. The molecule has 2 aromatic rings. The Bertz CT molecular complexity index is 752. The molecule has 0 bridgehead atoms. The second kappa shape index (κ2) is 7.46. The lowest BCUT2D eigenvalue weighted by molar-refractivity contribution is -0.121. The standard InChI is InChI=1S/C15H15Cl2F2N3O2/c1-8(10-5-4-9(16)6-12(10)17)22(24-3)15(23)11-7-21(2)20-13(11)14(18)19/h4-8,14H,1-3H3. The molecular weight excluding hydrogens is 363 g/mol. The Labute approximate surface area is 147 Å². The normalized spacial score (nSPS) is 12.5. The Morgan fingerprint density at radius 3 is 2.58 bits per heavy atom. The molecule has 1 heterocycles. The molecule has 0 aliphatic carbocycles. The SMILES string of the molecule is CON(C(=O)c1cn(C)nc1C(F)F)C(C)c1ccc(Cl)cc1Cl. The zero-order valence-electron chi connectivity index (χ0n) is 13.1. The van der Waals surface area contributed by atoms with Crippen molar-refractivity contribution in [2.24, 2.45) is 7.05 Å². The summed E-state index contributed by atoms with van der Waals surface area (Å²) in [5.41, 5.74) is -0.260. The van der Waals surface area contributed by atoms with Crippen LogP contribution >= 0.6 is 23.2 Å². The third-order valence-corrected chi connectivity index (χ3v) is 4.02. The van der Waals surface area contributed by atoms with Crippen molar-refractivity contribution in [2.45, 2.75) is 19.4 Å². The minimum Gasteiger partial charge on any atom is -0.275 e. The van der Waals surface area contributed by atoms with Crippen molar-refractivity contribution in [3.05, 3.63) is 51.3 Å². The number of halogens is 4. The zero-order valence-corrected chi connectivity index (χ0v) is 14.6. The molecule has 9 heteroatoms. The lowest BCUT2D eigenvalue weighted by Gasteiger charge is -2.27. The molecule has 0 saturated heterocycles. The van der Waals surface area contributed by atoms with Crippen LogP contribution in [0.2, 0.25) is 10.0 Å². The first-order valence-electron chi connectivity index (χ1n) is 6.90. The number of carbonyl (C=O) groups excluding carboxylic acids is 1. The molecule has 0 radical (unpaired) electrons. The highest BCUT2D eigenvalue weighted by atomic mass is 35.5. The molecule has 2 rings (SSSR count). The van der Waals surface area contributed by atoms with Crippen LogP contribution < -0.4 is 0 Å². The first-order chi connectivity index (χ1) is 11.3. The number of amides is 1. The molecule has 24 heavy (non-hydrogen) atoms. The summed E-state index contributed by atoms with van der Waals surface area (Å²) in [6, 6.07) is 4.16. The zero-order chi connectivity index (χ0) is 18.0. The average molecular weight is 378 g/mol. The predicted octanol–water partition coefficient (Wildman–Crippen LogP) is 4.43. The van der Waals surface area contributed by atoms with E-state index in [2.05, 4.69) is 5.10 Å². The highest BCUT2D eigenvalue weighted by Crippen LogP contribution is 2.31. The molecule has 0 aliphatic heterocycles. The number of nitrogens with zero attached hydrogens (tertiary/aromatic N) is 3. The van der Waals surface area contributed by atoms with Crippen molar-refractivity contribution in [1.82, 2.24) is 14.8 Å². The summed E-state index contributed by atoms with van der Waals surface area (Å²) in [7, 11) is 2.73. The van der Waals surface area contributed by atoms with Crippen molar-refractivity contribution in [3.63, 3.8) is 0 Å². The van der Waals surface area contributed by atoms with E-state index in [4.69, 9.17) is 28.0 Å². The number of aromatic nitrogens is 2. The monoisotopic (exact) mass is 377 g/mol. The van der Waals surface area contributed by atoms with Crippen LogP contribution in [0.5, 0.6) is 0 Å². The molecular formula is C15H15Cl2F2N3O2. The van der Waals surface area contributed by atoms with Gasteiger partial charge in [0.1, 0.15) is 5.69 Å². The van der Waals surface area contributed by atoms with Gasteiger partial charge in [0, 0.05) is 23.3 Å². The maximum Gasteiger partial charge on any atom is 0.282 e. The first-order valence-corrected chi connectivity index (χ1v) is 7.66. The smallest absolute Gasteiger partial charge is 0.275 e. The minimum absolute atomic E-state index is 0.230. The van der Waals surface area contributed by atoms with Crippen molar-refractivity contribution < 1.29 is 18.4 Å². The van der Waals surface area contributed by atoms with Crippen LogP contribution in [0.1, 0.15) is 41.0 Å². The van der Waals surface area contributed by atoms with E-state index in [1.54, 1.807) is 19.1 Å². The van der Waals surface area contributed by atoms with Crippen molar-refractivity contribution in [2.75, 3.05) is 7.11 Å². The van der Waals surface area contributed by atoms with E-state index in [1.807, 2.05) is 0 Å². The van der Waals surface area contributed by atoms with E-state index < -0.39 is 24.1 Å². The number of carbonyl (C=O) groups is 1. The van der Waals surface area contributed by atoms with Gasteiger partial charge in [-0.1, -0.05) is 29.3 Å². The second-order valence-electron chi connectivity index (χ2n) is 5.06. The minimum atomic E-state index is -2.88. The van der Waals surface area contributed by atoms with E-state index in [-0.39, 0.29) is 5.56 Å². The summed E-state index contributed by atoms with van der Waals surface area (Å²) in [5, 5.41) is 5.38. The van der Waals surface area contributed by atoms with Gasteiger partial charge in [-0.25, -0.2) is 13.8 Å². The number of rotatable bonds is 5. The molecule has 1 amide bonds. The Hall–Kier alpha value is -1.70. The van der Waals surface area contributed by atoms with Crippen LogP contribution in [0, 0.1) is 0 Å². The number of hydrogen-bond donors (Lipinski definition) is 0. The number of aryl methyl sites for hydroxylation is 1. The lowest BCUT2D eigenvalue weighted by Crippen LogP contribution is -2.33. The van der Waals surface area contributed by atoms with Gasteiger partial charge in [-0.05, 0) is 24.6 Å². The van der Waals surface area contributed by atoms with Gasteiger partial charge in [0.25, 0.3) is 12.3 Å². The summed E-state index contributed by atoms with van der Waals surface area (Å²) >= 11 is 12.0. The van der Waals surface area contributed by atoms with Gasteiger partial charge in [0.15, 0.2) is 0 Å². The molecule has 0 saturated carbocycles. The fourth-order valence-electron chi connectivity index (χ4n) is 2.33. The largest absolute Gasteiger partial charge is 0.282 e. The molecule has 1 aromatic heterocycles. The summed E-state index contributed by atoms with van der Waals surface area (Å²) in [4.78, 5) is 17.8. The maximum atomic E-state index is 13.1. The Kier molecular flexibility index (Phi) is 5.79. The maximum absolute atomic E-state index is 13.1. The van der Waals surface area contributed by atoms with Gasteiger partial charge in [-0.3, -0.25) is 14.3 Å². The number of alkyl halides is 2. The highest BCUT2D eigenvalue weighted by Gasteiger charge is 2.30. The molecule has 1 atom stereocenters. The number of benzene rings is 1. The first kappa shape index (κ1) is 18.6. The molecule has 1 aromatic carbocycles. The number of hydrogen-bond acceptors (Lipinski definition) is 3. The van der Waals surface area contributed by atoms with Crippen molar-refractivity contribution >= 4 is 29.1 Å². The van der Waals surface area contributed by atoms with Gasteiger partial charge in [0.2, 0.25) is 0 Å². The van der Waals surface area contributed by atoms with E-state index in [0.717, 1.165) is 9.75 Å². The van der Waals surface area contributed by atoms with Crippen LogP contribution in [0.25, 0.3) is 0 Å². The van der Waals surface area contributed by atoms with Crippen LogP contribution in [0.4, 0.5) is 8.78 Å². The molecule has 5 nitrogen and oxygen atoms in total. The second-order valence-corrected chi connectivity index (χ2v) is 5.90. The van der Waals surface area contributed by atoms with E-state index >= 15 is 0 Å². The predicted molar refractivity (Wildman–Crippen MR) is 86.2 cm³/mol. The van der Waals surface area contributed by atoms with Crippen molar-refractivity contribution in [1.29, 1.82) is 0 Å². The summed E-state index contributed by atoms with van der Waals surface area (Å²) in [5.74, 6) is -0.737. The Balaban J connectivity index is 2.38. The third-order valence-electron chi connectivity index (χ3n) is 3.46. The molecule has 0 N–H and O–H groups in total. The summed E-state index contributed by atoms with van der Waals surface area (Å²) in [6.07, 6.45) is -1.65. The summed E-state index contributed by atoms with van der Waals surface area (Å²) in [6.45, 7) is 1.66. The molecule has 130 valence electrons. The fourth-order valence-corrected chi connectivity index (χ4v) is 2.90. The highest BCUT2D eigenvalue weighted by molar-refractivity contribution is 6.35. The topological polar surface area (TPSA) is 47.4 Å². The average Bonchev–Trinajstić information content (AvgIpc) is 2.90. The molecule has 0 spiro atoms. The van der Waals surface area contributed by atoms with E-state index in [1.165, 1.54) is 26.4 Å². The number of hydroxylamine groups is 2. The molecule has 0 aliphatic rings. The van der Waals surface area contributed by atoms with Crippen molar-refractivity contribution in [3.8, 4) is 0 Å². The van der Waals surface area contributed by atoms with Crippen LogP contribution in [0.3, 0.4) is 0 Å².